The van der Waals surface area contributed by atoms with Gasteiger partial charge >= 0.3 is 0 Å². The van der Waals surface area contributed by atoms with Gasteiger partial charge in [0.15, 0.2) is 0 Å². The number of hydrogen-bond donors (Lipinski definition) is 1. The van der Waals surface area contributed by atoms with Crippen molar-refractivity contribution in [1.29, 1.82) is 0 Å². The Morgan fingerprint density at radius 1 is 1.32 bits per heavy atom. The molecule has 1 aromatic carbocycles. The summed E-state index contributed by atoms with van der Waals surface area (Å²) < 4.78 is 13.9. The number of carbonyl (C=O) groups is 2. The zero-order valence-corrected chi connectivity index (χ0v) is 11.6. The van der Waals surface area contributed by atoms with E-state index >= 15 is 0 Å². The highest BCUT2D eigenvalue weighted by atomic mass is 79.9. The van der Waals surface area contributed by atoms with Crippen LogP contribution in [0, 0.1) is 11.7 Å². The van der Waals surface area contributed by atoms with Gasteiger partial charge in [0.1, 0.15) is 18.4 Å². The van der Waals surface area contributed by atoms with Gasteiger partial charge in [-0.3, -0.25) is 9.59 Å². The lowest BCUT2D eigenvalue weighted by molar-refractivity contribution is -0.131. The molecule has 2 amide bonds. The Balaban J connectivity index is 1.91. The molecule has 0 aromatic heterocycles. The molecule has 100 valence electrons. The molecule has 0 spiro atoms. The third-order valence-electron chi connectivity index (χ3n) is 3.46. The predicted molar refractivity (Wildman–Crippen MR) is 71.1 cm³/mol. The molecule has 1 aromatic rings. The molecular formula is C13H12BrFN2O2. The number of carbonyl (C=O) groups excluding carboxylic acids is 2. The Morgan fingerprint density at radius 2 is 2.05 bits per heavy atom. The van der Waals surface area contributed by atoms with Gasteiger partial charge in [0.25, 0.3) is 0 Å². The van der Waals surface area contributed by atoms with E-state index in [1.165, 1.54) is 17.0 Å². The van der Waals surface area contributed by atoms with Crippen LogP contribution in [0.1, 0.15) is 12.8 Å². The lowest BCUT2D eigenvalue weighted by atomic mass is 10.1. The lowest BCUT2D eigenvalue weighted by Crippen LogP contribution is -2.59. The summed E-state index contributed by atoms with van der Waals surface area (Å²) in [5.74, 6) is -0.553. The van der Waals surface area contributed by atoms with Crippen molar-refractivity contribution in [3.05, 3.63) is 28.5 Å². The number of nitrogens with zero attached hydrogens (tertiary/aromatic N) is 1. The van der Waals surface area contributed by atoms with Gasteiger partial charge in [-0.1, -0.05) is 0 Å². The first kappa shape index (κ1) is 12.6. The van der Waals surface area contributed by atoms with Crippen molar-refractivity contribution in [1.82, 2.24) is 5.32 Å². The van der Waals surface area contributed by atoms with E-state index in [2.05, 4.69) is 21.2 Å². The highest BCUT2D eigenvalue weighted by Gasteiger charge is 2.43. The molecule has 6 heteroatoms. The molecule has 1 atom stereocenters. The number of hydrogen-bond acceptors (Lipinski definition) is 2. The fourth-order valence-electron chi connectivity index (χ4n) is 2.29. The van der Waals surface area contributed by atoms with E-state index < -0.39 is 11.9 Å². The summed E-state index contributed by atoms with van der Waals surface area (Å²) in [6.07, 6.45) is 1.92. The van der Waals surface area contributed by atoms with Crippen molar-refractivity contribution in [3.63, 3.8) is 0 Å². The van der Waals surface area contributed by atoms with Gasteiger partial charge in [-0.2, -0.15) is 0 Å². The molecule has 1 heterocycles. The first-order chi connectivity index (χ1) is 9.06. The van der Waals surface area contributed by atoms with Crippen molar-refractivity contribution in [3.8, 4) is 0 Å². The minimum atomic E-state index is -0.451. The van der Waals surface area contributed by atoms with E-state index in [0.29, 0.717) is 10.2 Å². The second-order valence-corrected chi connectivity index (χ2v) is 5.76. The topological polar surface area (TPSA) is 49.4 Å². The largest absolute Gasteiger partial charge is 0.342 e. The maximum absolute atomic E-state index is 13.5. The van der Waals surface area contributed by atoms with Crippen LogP contribution >= 0.6 is 15.9 Å². The maximum atomic E-state index is 13.5. The summed E-state index contributed by atoms with van der Waals surface area (Å²) in [4.78, 5) is 25.4. The van der Waals surface area contributed by atoms with Gasteiger partial charge in [-0.05, 0) is 52.9 Å². The van der Waals surface area contributed by atoms with Crippen LogP contribution in [0.15, 0.2) is 22.7 Å². The second kappa shape index (κ2) is 4.59. The quantitative estimate of drug-likeness (QED) is 0.901. The molecule has 3 rings (SSSR count). The van der Waals surface area contributed by atoms with E-state index in [4.69, 9.17) is 0 Å². The van der Waals surface area contributed by atoms with Gasteiger partial charge < -0.3 is 10.2 Å². The van der Waals surface area contributed by atoms with Crippen molar-refractivity contribution >= 4 is 33.4 Å². The molecule has 1 unspecified atom stereocenters. The van der Waals surface area contributed by atoms with Crippen LogP contribution in [0.5, 0.6) is 0 Å². The lowest BCUT2D eigenvalue weighted by Gasteiger charge is -2.32. The Morgan fingerprint density at radius 3 is 2.68 bits per heavy atom. The molecule has 1 N–H and O–H groups in total. The smallest absolute Gasteiger partial charge is 0.250 e. The summed E-state index contributed by atoms with van der Waals surface area (Å²) in [7, 11) is 0. The molecule has 1 saturated carbocycles. The zero-order chi connectivity index (χ0) is 13.6. The maximum Gasteiger partial charge on any atom is 0.250 e. The third-order valence-corrected chi connectivity index (χ3v) is 4.10. The summed E-state index contributed by atoms with van der Waals surface area (Å²) in [5.41, 5.74) is 0.422. The molecule has 1 aliphatic carbocycles. The number of anilines is 1. The monoisotopic (exact) mass is 326 g/mol. The predicted octanol–water partition coefficient (Wildman–Crippen LogP) is 1.83. The third kappa shape index (κ3) is 2.36. The molecular weight excluding hydrogens is 315 g/mol. The van der Waals surface area contributed by atoms with E-state index in [-0.39, 0.29) is 24.3 Å². The molecule has 2 fully saturated rings. The highest BCUT2D eigenvalue weighted by Crippen LogP contribution is 2.35. The Labute approximate surface area is 118 Å². The van der Waals surface area contributed by atoms with Gasteiger partial charge in [0, 0.05) is 5.69 Å². The zero-order valence-electron chi connectivity index (χ0n) is 10.0. The fraction of sp³-hybridized carbons (Fsp3) is 0.385. The SMILES string of the molecule is O=C1CN(c2ccc(Br)c(F)c2)C(=O)C(C2CC2)N1. The summed E-state index contributed by atoms with van der Waals surface area (Å²) in [6.45, 7) is -0.0525. The standard InChI is InChI=1S/C13H12BrFN2O2/c14-9-4-3-8(5-10(9)15)17-6-11(18)16-12(13(17)19)7-1-2-7/h3-5,7,12H,1-2,6H2,(H,16,18). The van der Waals surface area contributed by atoms with Crippen molar-refractivity contribution in [2.75, 3.05) is 11.4 Å². The number of rotatable bonds is 2. The first-order valence-corrected chi connectivity index (χ1v) is 6.91. The van der Waals surface area contributed by atoms with Gasteiger partial charge in [0.2, 0.25) is 11.8 Å². The van der Waals surface area contributed by atoms with Crippen LogP contribution in [-0.2, 0) is 9.59 Å². The second-order valence-electron chi connectivity index (χ2n) is 4.91. The molecule has 1 aliphatic heterocycles. The van der Waals surface area contributed by atoms with Crippen molar-refractivity contribution < 1.29 is 14.0 Å². The summed E-state index contributed by atoms with van der Waals surface area (Å²) >= 11 is 3.07. The highest BCUT2D eigenvalue weighted by molar-refractivity contribution is 9.10. The average Bonchev–Trinajstić information content (AvgIpc) is 3.19. The molecule has 1 saturated heterocycles. The Kier molecular flexibility index (Phi) is 3.05. The molecule has 19 heavy (non-hydrogen) atoms. The van der Waals surface area contributed by atoms with E-state index in [1.807, 2.05) is 0 Å². The van der Waals surface area contributed by atoms with Crippen LogP contribution in [0.2, 0.25) is 0 Å². The van der Waals surface area contributed by atoms with Crippen LogP contribution < -0.4 is 10.2 Å². The Bertz CT molecular complexity index is 560. The van der Waals surface area contributed by atoms with E-state index in [0.717, 1.165) is 12.8 Å². The number of piperazine rings is 1. The fourth-order valence-corrected chi connectivity index (χ4v) is 2.54. The van der Waals surface area contributed by atoms with Gasteiger partial charge in [0.05, 0.1) is 4.47 Å². The minimum absolute atomic E-state index is 0.0525. The van der Waals surface area contributed by atoms with E-state index in [9.17, 15) is 14.0 Å². The van der Waals surface area contributed by atoms with E-state index in [1.54, 1.807) is 6.07 Å². The van der Waals surface area contributed by atoms with Crippen molar-refractivity contribution in [2.45, 2.75) is 18.9 Å². The van der Waals surface area contributed by atoms with Gasteiger partial charge in [-0.25, -0.2) is 4.39 Å². The molecule has 2 aliphatic rings. The Hall–Kier alpha value is -1.43. The summed E-state index contributed by atoms with van der Waals surface area (Å²) in [5, 5.41) is 2.72. The summed E-state index contributed by atoms with van der Waals surface area (Å²) in [6, 6.07) is 3.99. The molecule has 0 bridgehead atoms. The number of nitrogens with one attached hydrogen (secondary N) is 1. The van der Waals surface area contributed by atoms with Crippen LogP contribution in [0.3, 0.4) is 0 Å². The van der Waals surface area contributed by atoms with Crippen LogP contribution in [-0.4, -0.2) is 24.4 Å². The average molecular weight is 327 g/mol. The first-order valence-electron chi connectivity index (χ1n) is 6.12. The molecule has 0 radical (unpaired) electrons. The van der Waals surface area contributed by atoms with Crippen LogP contribution in [0.25, 0.3) is 0 Å². The van der Waals surface area contributed by atoms with Crippen molar-refractivity contribution in [2.24, 2.45) is 5.92 Å². The number of benzene rings is 1. The molecule has 4 nitrogen and oxygen atoms in total. The number of halogens is 2. The number of amides is 2. The normalized spacial score (nSPS) is 23.5. The van der Waals surface area contributed by atoms with Gasteiger partial charge in [-0.15, -0.1) is 0 Å². The van der Waals surface area contributed by atoms with Crippen LogP contribution in [0.4, 0.5) is 10.1 Å². The minimum Gasteiger partial charge on any atom is -0.342 e.